The molecule has 10 aromatic carbocycles. The average molecular weight is 873 g/mol. The van der Waals surface area contributed by atoms with Crippen molar-refractivity contribution < 1.29 is 0 Å². The Bertz CT molecular complexity index is 3810. The predicted octanol–water partition coefficient (Wildman–Crippen LogP) is 17.6. The monoisotopic (exact) mass is 872 g/mol. The third-order valence-electron chi connectivity index (χ3n) is 15.0. The first-order valence-corrected chi connectivity index (χ1v) is 24.2. The number of nitrogens with zero attached hydrogens (tertiary/aromatic N) is 2. The Morgan fingerprint density at radius 2 is 0.806 bits per heavy atom. The van der Waals surface area contributed by atoms with Gasteiger partial charge in [0.2, 0.25) is 0 Å². The van der Waals surface area contributed by atoms with Crippen LogP contribution >= 0.6 is 11.3 Å². The van der Waals surface area contributed by atoms with Gasteiger partial charge in [-0.1, -0.05) is 172 Å². The molecule has 67 heavy (non-hydrogen) atoms. The molecule has 0 saturated carbocycles. The number of fused-ring (bicyclic) bond motifs is 16. The lowest BCUT2D eigenvalue weighted by molar-refractivity contribution is 0.660. The Morgan fingerprint density at radius 3 is 1.55 bits per heavy atom. The van der Waals surface area contributed by atoms with Crippen LogP contribution in [0.3, 0.4) is 0 Å². The third kappa shape index (κ3) is 5.32. The summed E-state index contributed by atoms with van der Waals surface area (Å²) in [6, 6.07) is 86.3. The molecule has 0 radical (unpaired) electrons. The summed E-state index contributed by atoms with van der Waals surface area (Å²) in [7, 11) is 0. The van der Waals surface area contributed by atoms with Crippen molar-refractivity contribution in [3.05, 3.63) is 264 Å². The lowest BCUT2D eigenvalue weighted by Crippen LogP contribution is -2.26. The summed E-state index contributed by atoms with van der Waals surface area (Å²) in [5, 5.41) is 2.61. The molecule has 1 heterocycles. The summed E-state index contributed by atoms with van der Waals surface area (Å²) in [5.41, 5.74) is 21.9. The van der Waals surface area contributed by atoms with Crippen molar-refractivity contribution in [2.24, 2.45) is 0 Å². The summed E-state index contributed by atoms with van der Waals surface area (Å²) < 4.78 is 2.60. The zero-order valence-corrected chi connectivity index (χ0v) is 38.1. The molecule has 2 nitrogen and oxygen atoms in total. The quantitative estimate of drug-likeness (QED) is 0.164. The van der Waals surface area contributed by atoms with Gasteiger partial charge in [0.15, 0.2) is 0 Å². The second-order valence-corrected chi connectivity index (χ2v) is 19.9. The van der Waals surface area contributed by atoms with Gasteiger partial charge < -0.3 is 9.80 Å². The van der Waals surface area contributed by atoms with E-state index in [4.69, 9.17) is 0 Å². The number of rotatable bonds is 6. The van der Waals surface area contributed by atoms with E-state index in [0.717, 1.165) is 28.4 Å². The number of hydrogen-bond acceptors (Lipinski definition) is 3. The first-order valence-electron chi connectivity index (χ1n) is 23.3. The molecule has 3 aliphatic rings. The summed E-state index contributed by atoms with van der Waals surface area (Å²) in [6.45, 7) is 4.75. The van der Waals surface area contributed by atoms with Gasteiger partial charge in [0.25, 0.3) is 0 Å². The molecule has 0 bridgehead atoms. The SMILES string of the molecule is CC1(C)c2ccccc2-c2ccc(N(c3ccccc3)c3cccc4c3-c3ccccc3C43c4ccccc4-c4ccc(N(c5ccccc5)c5ccc6c(c5)sc5ccccc56)cc43)cc21. The zero-order chi connectivity index (χ0) is 44.4. The van der Waals surface area contributed by atoms with Crippen LogP contribution in [0.25, 0.3) is 53.6 Å². The van der Waals surface area contributed by atoms with Gasteiger partial charge in [-0.3, -0.25) is 0 Å². The number of para-hydroxylation sites is 2. The van der Waals surface area contributed by atoms with Crippen LogP contribution in [0.4, 0.5) is 34.1 Å². The number of anilines is 6. The largest absolute Gasteiger partial charge is 0.310 e. The average Bonchev–Trinajstić information content (AvgIpc) is 4.07. The second-order valence-electron chi connectivity index (χ2n) is 18.8. The van der Waals surface area contributed by atoms with E-state index in [1.165, 1.54) is 92.6 Å². The predicted molar refractivity (Wildman–Crippen MR) is 283 cm³/mol. The molecular weight excluding hydrogens is 829 g/mol. The van der Waals surface area contributed by atoms with Gasteiger partial charge in [-0.2, -0.15) is 0 Å². The minimum atomic E-state index is -0.564. The van der Waals surface area contributed by atoms with Crippen LogP contribution in [0, 0.1) is 0 Å². The zero-order valence-electron chi connectivity index (χ0n) is 37.2. The first-order chi connectivity index (χ1) is 33.0. The van der Waals surface area contributed by atoms with Crippen LogP contribution in [0.5, 0.6) is 0 Å². The normalized spacial score (nSPS) is 15.5. The van der Waals surface area contributed by atoms with Crippen molar-refractivity contribution in [1.29, 1.82) is 0 Å². The standard InChI is InChI=1S/C64H44N2S/c1-63(2)53-26-13-9-22-46(53)48-35-33-44(38-57(48)63)66(42-20-7-4-8-21-42)59-30-17-29-56-62(59)52-25-11-15-28-55(52)64(56)54-27-14-10-23-47(54)49-36-32-43(39-58(49)64)65(41-18-5-3-6-19-41)45-34-37-51-50-24-12-16-31-60(50)67-61(51)40-45/h3-40H,1-2H3. The van der Waals surface area contributed by atoms with E-state index in [9.17, 15) is 0 Å². The number of hydrogen-bond donors (Lipinski definition) is 0. The van der Waals surface area contributed by atoms with Gasteiger partial charge in [0.1, 0.15) is 0 Å². The van der Waals surface area contributed by atoms with E-state index in [1.54, 1.807) is 0 Å². The highest BCUT2D eigenvalue weighted by atomic mass is 32.1. The molecule has 1 unspecified atom stereocenters. The van der Waals surface area contributed by atoms with Crippen LogP contribution in [0.15, 0.2) is 231 Å². The Balaban J connectivity index is 1.00. The molecule has 1 atom stereocenters. The summed E-state index contributed by atoms with van der Waals surface area (Å²) >= 11 is 1.87. The van der Waals surface area contributed by atoms with Gasteiger partial charge >= 0.3 is 0 Å². The molecule has 0 saturated heterocycles. The minimum Gasteiger partial charge on any atom is -0.310 e. The van der Waals surface area contributed by atoms with Crippen LogP contribution in [-0.4, -0.2) is 0 Å². The summed E-state index contributed by atoms with van der Waals surface area (Å²) in [4.78, 5) is 4.96. The Labute approximate surface area is 395 Å². The molecule has 0 fully saturated rings. The Kier molecular flexibility index (Phi) is 8.15. The van der Waals surface area contributed by atoms with Crippen LogP contribution in [0.1, 0.15) is 47.2 Å². The maximum atomic E-state index is 2.51. The lowest BCUT2D eigenvalue weighted by atomic mass is 9.70. The molecule has 0 N–H and O–H groups in total. The number of thiophene rings is 1. The van der Waals surface area contributed by atoms with E-state index in [-0.39, 0.29) is 5.41 Å². The van der Waals surface area contributed by atoms with Crippen molar-refractivity contribution >= 4 is 65.6 Å². The fraction of sp³-hybridized carbons (Fsp3) is 0.0625. The lowest BCUT2D eigenvalue weighted by Gasteiger charge is -2.33. The van der Waals surface area contributed by atoms with Crippen molar-refractivity contribution in [1.82, 2.24) is 0 Å². The highest BCUT2D eigenvalue weighted by molar-refractivity contribution is 7.25. The first kappa shape index (κ1) is 38.3. The summed E-state index contributed by atoms with van der Waals surface area (Å²) in [5.74, 6) is 0. The third-order valence-corrected chi connectivity index (χ3v) is 16.2. The van der Waals surface area contributed by atoms with Gasteiger partial charge in [0.05, 0.1) is 11.1 Å². The van der Waals surface area contributed by atoms with E-state index in [2.05, 4.69) is 254 Å². The van der Waals surface area contributed by atoms with Gasteiger partial charge in [-0.05, 0) is 134 Å². The molecule has 11 aromatic rings. The van der Waals surface area contributed by atoms with Gasteiger partial charge in [-0.15, -0.1) is 11.3 Å². The Hall–Kier alpha value is -7.98. The molecule has 3 aliphatic carbocycles. The smallest absolute Gasteiger partial charge is 0.0727 e. The summed E-state index contributed by atoms with van der Waals surface area (Å²) in [6.07, 6.45) is 0. The molecule has 1 spiro atoms. The van der Waals surface area contributed by atoms with Crippen molar-refractivity contribution in [2.75, 3.05) is 9.80 Å². The van der Waals surface area contributed by atoms with E-state index >= 15 is 0 Å². The van der Waals surface area contributed by atoms with Crippen LogP contribution in [0.2, 0.25) is 0 Å². The maximum absolute atomic E-state index is 2.51. The van der Waals surface area contributed by atoms with E-state index in [0.29, 0.717) is 0 Å². The Morgan fingerprint density at radius 1 is 0.313 bits per heavy atom. The van der Waals surface area contributed by atoms with E-state index < -0.39 is 5.41 Å². The second kappa shape index (κ2) is 14.3. The topological polar surface area (TPSA) is 6.48 Å². The molecular formula is C64H44N2S. The highest BCUT2D eigenvalue weighted by Gasteiger charge is 2.53. The van der Waals surface area contributed by atoms with Gasteiger partial charge in [-0.25, -0.2) is 0 Å². The van der Waals surface area contributed by atoms with Crippen molar-refractivity contribution in [3.8, 4) is 33.4 Å². The maximum Gasteiger partial charge on any atom is 0.0727 e. The van der Waals surface area contributed by atoms with Crippen LogP contribution < -0.4 is 9.80 Å². The molecule has 0 aliphatic heterocycles. The van der Waals surface area contributed by atoms with Crippen molar-refractivity contribution in [3.63, 3.8) is 0 Å². The minimum absolute atomic E-state index is 0.133. The highest BCUT2D eigenvalue weighted by Crippen LogP contribution is 2.65. The number of benzene rings is 10. The van der Waals surface area contributed by atoms with E-state index in [1.807, 2.05) is 11.3 Å². The molecule has 14 rings (SSSR count). The van der Waals surface area contributed by atoms with Gasteiger partial charge in [0, 0.05) is 59.6 Å². The molecule has 316 valence electrons. The van der Waals surface area contributed by atoms with Crippen LogP contribution in [-0.2, 0) is 10.8 Å². The fourth-order valence-electron chi connectivity index (χ4n) is 12.2. The molecule has 3 heteroatoms. The fourth-order valence-corrected chi connectivity index (χ4v) is 13.3. The molecule has 1 aromatic heterocycles. The molecule has 0 amide bonds. The van der Waals surface area contributed by atoms with Crippen molar-refractivity contribution in [2.45, 2.75) is 24.7 Å².